The highest BCUT2D eigenvalue weighted by atomic mass is 35.5. The van der Waals surface area contributed by atoms with Gasteiger partial charge in [0.05, 0.1) is 0 Å². The van der Waals surface area contributed by atoms with Gasteiger partial charge in [0.1, 0.15) is 5.15 Å². The standard InChI is InChI=1S/C11H15ClN2O3/c1-13-10(15)6-9(12)14(11(13)16)7-8-2-4-17-5-3-8/h6,8H,2-5,7H2,1H3. The van der Waals surface area contributed by atoms with Crippen molar-refractivity contribution >= 4 is 11.6 Å². The van der Waals surface area contributed by atoms with Gasteiger partial charge in [-0.05, 0) is 18.8 Å². The van der Waals surface area contributed by atoms with E-state index >= 15 is 0 Å². The molecule has 1 aliphatic heterocycles. The van der Waals surface area contributed by atoms with Gasteiger partial charge >= 0.3 is 5.69 Å². The molecule has 0 N–H and O–H groups in total. The SMILES string of the molecule is Cn1c(=O)cc(Cl)n(CC2CCOCC2)c1=O. The Bertz CT molecular complexity index is 514. The van der Waals surface area contributed by atoms with E-state index in [-0.39, 0.29) is 16.4 Å². The molecule has 5 nitrogen and oxygen atoms in total. The van der Waals surface area contributed by atoms with Gasteiger partial charge in [0, 0.05) is 32.9 Å². The quantitative estimate of drug-likeness (QED) is 0.731. The molecule has 0 unspecified atom stereocenters. The highest BCUT2D eigenvalue weighted by molar-refractivity contribution is 6.29. The smallest absolute Gasteiger partial charge is 0.331 e. The third-order valence-corrected chi connectivity index (χ3v) is 3.44. The molecule has 0 aromatic carbocycles. The van der Waals surface area contributed by atoms with Crippen molar-refractivity contribution in [3.8, 4) is 0 Å². The molecule has 0 aliphatic carbocycles. The molecule has 17 heavy (non-hydrogen) atoms. The Labute approximate surface area is 104 Å². The summed E-state index contributed by atoms with van der Waals surface area (Å²) in [5.74, 6) is 0.386. The highest BCUT2D eigenvalue weighted by Crippen LogP contribution is 2.17. The van der Waals surface area contributed by atoms with Gasteiger partial charge in [-0.25, -0.2) is 4.79 Å². The van der Waals surface area contributed by atoms with Gasteiger partial charge < -0.3 is 4.74 Å². The summed E-state index contributed by atoms with van der Waals surface area (Å²) in [6.07, 6.45) is 1.84. The lowest BCUT2D eigenvalue weighted by atomic mass is 10.0. The van der Waals surface area contributed by atoms with Crippen LogP contribution in [0, 0.1) is 5.92 Å². The predicted molar refractivity (Wildman–Crippen MR) is 64.5 cm³/mol. The number of nitrogens with zero attached hydrogens (tertiary/aromatic N) is 2. The molecule has 0 bridgehead atoms. The second-order valence-corrected chi connectivity index (χ2v) is 4.70. The summed E-state index contributed by atoms with van der Waals surface area (Å²) in [5, 5.41) is 0.213. The molecule has 6 heteroatoms. The van der Waals surface area contributed by atoms with E-state index in [1.165, 1.54) is 17.7 Å². The van der Waals surface area contributed by atoms with Gasteiger partial charge in [0.15, 0.2) is 0 Å². The third kappa shape index (κ3) is 2.61. The summed E-state index contributed by atoms with van der Waals surface area (Å²) in [4.78, 5) is 23.2. The molecule has 1 fully saturated rings. The van der Waals surface area contributed by atoms with E-state index in [1.807, 2.05) is 0 Å². The van der Waals surface area contributed by atoms with Crippen LogP contribution in [-0.2, 0) is 18.3 Å². The van der Waals surface area contributed by atoms with Crippen molar-refractivity contribution < 1.29 is 4.74 Å². The Morgan fingerprint density at radius 1 is 1.41 bits per heavy atom. The number of ether oxygens (including phenoxy) is 1. The fourth-order valence-electron chi connectivity index (χ4n) is 2.00. The van der Waals surface area contributed by atoms with E-state index in [0.29, 0.717) is 12.5 Å². The molecule has 1 aromatic heterocycles. The summed E-state index contributed by atoms with van der Waals surface area (Å²) in [5.41, 5.74) is -0.725. The largest absolute Gasteiger partial charge is 0.381 e. The van der Waals surface area contributed by atoms with Crippen molar-refractivity contribution in [2.75, 3.05) is 13.2 Å². The zero-order valence-electron chi connectivity index (χ0n) is 9.69. The molecule has 0 saturated carbocycles. The van der Waals surface area contributed by atoms with Gasteiger partial charge in [0.25, 0.3) is 5.56 Å². The van der Waals surface area contributed by atoms with Crippen LogP contribution in [0.2, 0.25) is 5.15 Å². The molecular weight excluding hydrogens is 244 g/mol. The van der Waals surface area contributed by atoms with E-state index in [2.05, 4.69) is 0 Å². The first-order valence-corrected chi connectivity index (χ1v) is 6.01. The highest BCUT2D eigenvalue weighted by Gasteiger charge is 2.17. The molecule has 2 rings (SSSR count). The Balaban J connectivity index is 2.29. The van der Waals surface area contributed by atoms with Crippen molar-refractivity contribution in [1.82, 2.24) is 9.13 Å². The Hall–Kier alpha value is -1.07. The number of hydrogen-bond acceptors (Lipinski definition) is 3. The summed E-state index contributed by atoms with van der Waals surface area (Å²) in [6, 6.07) is 1.28. The summed E-state index contributed by atoms with van der Waals surface area (Å²) in [7, 11) is 1.46. The van der Waals surface area contributed by atoms with Crippen LogP contribution in [0.4, 0.5) is 0 Å². The Morgan fingerprint density at radius 2 is 2.06 bits per heavy atom. The predicted octanol–water partition coefficient (Wildman–Crippen LogP) is 0.627. The van der Waals surface area contributed by atoms with Crippen LogP contribution in [0.1, 0.15) is 12.8 Å². The number of rotatable bonds is 2. The van der Waals surface area contributed by atoms with Crippen LogP contribution in [0.15, 0.2) is 15.7 Å². The molecular formula is C11H15ClN2O3. The van der Waals surface area contributed by atoms with E-state index in [0.717, 1.165) is 30.6 Å². The van der Waals surface area contributed by atoms with Gasteiger partial charge in [-0.2, -0.15) is 0 Å². The normalized spacial score (nSPS) is 17.3. The van der Waals surface area contributed by atoms with E-state index in [1.54, 1.807) is 0 Å². The van der Waals surface area contributed by atoms with Crippen molar-refractivity contribution in [3.05, 3.63) is 32.1 Å². The minimum absolute atomic E-state index is 0.213. The third-order valence-electron chi connectivity index (χ3n) is 3.13. The zero-order valence-corrected chi connectivity index (χ0v) is 10.4. The van der Waals surface area contributed by atoms with Crippen LogP contribution in [0.3, 0.4) is 0 Å². The monoisotopic (exact) mass is 258 g/mol. The molecule has 0 radical (unpaired) electrons. The van der Waals surface area contributed by atoms with Gasteiger partial charge in [-0.15, -0.1) is 0 Å². The topological polar surface area (TPSA) is 53.2 Å². The van der Waals surface area contributed by atoms with Crippen molar-refractivity contribution in [2.24, 2.45) is 13.0 Å². The van der Waals surface area contributed by atoms with E-state index < -0.39 is 0 Å². The molecule has 1 saturated heterocycles. The van der Waals surface area contributed by atoms with Crippen LogP contribution in [0.25, 0.3) is 0 Å². The van der Waals surface area contributed by atoms with Crippen LogP contribution in [-0.4, -0.2) is 22.3 Å². The molecule has 1 aromatic rings. The van der Waals surface area contributed by atoms with Crippen LogP contribution < -0.4 is 11.2 Å². The van der Waals surface area contributed by atoms with Gasteiger partial charge in [-0.1, -0.05) is 11.6 Å². The van der Waals surface area contributed by atoms with Crippen molar-refractivity contribution in [3.63, 3.8) is 0 Å². The Kier molecular flexibility index (Phi) is 3.69. The summed E-state index contributed by atoms with van der Waals surface area (Å²) in [6.45, 7) is 2.00. The molecule has 94 valence electrons. The maximum Gasteiger partial charge on any atom is 0.331 e. The molecule has 0 amide bonds. The molecule has 2 heterocycles. The second kappa shape index (κ2) is 5.06. The van der Waals surface area contributed by atoms with Crippen LogP contribution in [0.5, 0.6) is 0 Å². The second-order valence-electron chi connectivity index (χ2n) is 4.31. The minimum Gasteiger partial charge on any atom is -0.381 e. The molecule has 1 aliphatic rings. The summed E-state index contributed by atoms with van der Waals surface area (Å²) >= 11 is 5.94. The minimum atomic E-state index is -0.372. The van der Waals surface area contributed by atoms with Gasteiger partial charge in [0.2, 0.25) is 0 Å². The number of halogens is 1. The maximum atomic E-state index is 11.9. The number of aromatic nitrogens is 2. The lowest BCUT2D eigenvalue weighted by molar-refractivity contribution is 0.0607. The van der Waals surface area contributed by atoms with Gasteiger partial charge in [-0.3, -0.25) is 13.9 Å². The molecule has 0 atom stereocenters. The average molecular weight is 259 g/mol. The first-order chi connectivity index (χ1) is 8.09. The first-order valence-electron chi connectivity index (χ1n) is 5.63. The Morgan fingerprint density at radius 3 is 2.71 bits per heavy atom. The fraction of sp³-hybridized carbons (Fsp3) is 0.636. The van der Waals surface area contributed by atoms with Crippen molar-refractivity contribution in [2.45, 2.75) is 19.4 Å². The van der Waals surface area contributed by atoms with E-state index in [4.69, 9.17) is 16.3 Å². The van der Waals surface area contributed by atoms with Crippen molar-refractivity contribution in [1.29, 1.82) is 0 Å². The summed E-state index contributed by atoms with van der Waals surface area (Å²) < 4.78 is 7.80. The fourth-order valence-corrected chi connectivity index (χ4v) is 2.23. The lowest BCUT2D eigenvalue weighted by Gasteiger charge is -2.23. The van der Waals surface area contributed by atoms with E-state index in [9.17, 15) is 9.59 Å². The lowest BCUT2D eigenvalue weighted by Crippen LogP contribution is -2.39. The average Bonchev–Trinajstić information content (AvgIpc) is 2.33. The zero-order chi connectivity index (χ0) is 12.4. The maximum absolute atomic E-state index is 11.9. The van der Waals surface area contributed by atoms with Crippen LogP contribution >= 0.6 is 11.6 Å². The molecule has 0 spiro atoms. The first kappa shape index (κ1) is 12.4. The number of hydrogen-bond donors (Lipinski definition) is 0.